The predicted molar refractivity (Wildman–Crippen MR) is 93.0 cm³/mol. The maximum absolute atomic E-state index is 3.57. The molecule has 1 N–H and O–H groups in total. The van der Waals surface area contributed by atoms with Gasteiger partial charge in [-0.3, -0.25) is 0 Å². The summed E-state index contributed by atoms with van der Waals surface area (Å²) in [4.78, 5) is 0. The third kappa shape index (κ3) is 3.38. The molecule has 0 amide bonds. The van der Waals surface area contributed by atoms with E-state index in [-0.39, 0.29) is 0 Å². The molecule has 2 aromatic rings. The Kier molecular flexibility index (Phi) is 4.46. The van der Waals surface area contributed by atoms with Gasteiger partial charge in [0, 0.05) is 16.9 Å². The number of halogens is 1. The Balaban J connectivity index is 1.95. The maximum atomic E-state index is 3.57. The second-order valence-corrected chi connectivity index (χ2v) is 7.09. The lowest BCUT2D eigenvalue weighted by Crippen LogP contribution is -2.34. The summed E-state index contributed by atoms with van der Waals surface area (Å²) in [5.74, 6) is 1.18. The number of nitrogens with one attached hydrogen (secondary N) is 1. The highest BCUT2D eigenvalue weighted by Gasteiger charge is 2.27. The van der Waals surface area contributed by atoms with Crippen molar-refractivity contribution in [2.24, 2.45) is 0 Å². The number of aryl methyl sites for hydroxylation is 2. The molecule has 2 unspecified atom stereocenters. The largest absolute Gasteiger partial charge is 0.316 e. The Hall–Kier alpha value is -1.12. The van der Waals surface area contributed by atoms with Crippen molar-refractivity contribution in [3.05, 3.63) is 69.2 Å². The molecular formula is C19H22BrN. The van der Waals surface area contributed by atoms with Crippen molar-refractivity contribution in [2.45, 2.75) is 32.1 Å². The molecule has 1 aliphatic heterocycles. The van der Waals surface area contributed by atoms with Gasteiger partial charge in [0.2, 0.25) is 0 Å². The Bertz CT molecular complexity index is 598. The summed E-state index contributed by atoms with van der Waals surface area (Å²) in [6.45, 7) is 6.59. The highest BCUT2D eigenvalue weighted by atomic mass is 79.9. The lowest BCUT2D eigenvalue weighted by molar-refractivity contribution is 0.404. The average molecular weight is 344 g/mol. The molecule has 0 radical (unpaired) electrons. The second-order valence-electron chi connectivity index (χ2n) is 6.18. The van der Waals surface area contributed by atoms with Crippen LogP contribution in [-0.4, -0.2) is 13.1 Å². The molecule has 1 nitrogen and oxygen atoms in total. The third-order valence-electron chi connectivity index (χ3n) is 4.45. The van der Waals surface area contributed by atoms with Gasteiger partial charge in [-0.1, -0.05) is 57.4 Å². The zero-order valence-electron chi connectivity index (χ0n) is 12.7. The zero-order chi connectivity index (χ0) is 14.8. The van der Waals surface area contributed by atoms with Crippen molar-refractivity contribution in [1.82, 2.24) is 5.32 Å². The molecule has 1 aliphatic rings. The normalized spacial score (nSPS) is 22.2. The van der Waals surface area contributed by atoms with Crippen molar-refractivity contribution in [3.8, 4) is 0 Å². The Morgan fingerprint density at radius 3 is 2.24 bits per heavy atom. The predicted octanol–water partition coefficient (Wildman–Crippen LogP) is 4.93. The summed E-state index contributed by atoms with van der Waals surface area (Å²) in [6.07, 6.45) is 1.21. The van der Waals surface area contributed by atoms with Crippen LogP contribution in [0.2, 0.25) is 0 Å². The Morgan fingerprint density at radius 1 is 0.905 bits per heavy atom. The van der Waals surface area contributed by atoms with Crippen LogP contribution in [-0.2, 0) is 0 Å². The van der Waals surface area contributed by atoms with Crippen LogP contribution in [0.1, 0.15) is 40.5 Å². The highest BCUT2D eigenvalue weighted by Crippen LogP contribution is 2.38. The minimum absolute atomic E-state index is 0.563. The third-order valence-corrected chi connectivity index (χ3v) is 4.98. The first kappa shape index (κ1) is 14.8. The molecule has 0 bridgehead atoms. The second kappa shape index (κ2) is 6.33. The molecule has 110 valence electrons. The fourth-order valence-electron chi connectivity index (χ4n) is 3.54. The minimum atomic E-state index is 0.563. The number of hydrogen-bond donors (Lipinski definition) is 1. The summed E-state index contributed by atoms with van der Waals surface area (Å²) >= 11 is 3.53. The van der Waals surface area contributed by atoms with Crippen molar-refractivity contribution in [3.63, 3.8) is 0 Å². The van der Waals surface area contributed by atoms with E-state index in [1.54, 1.807) is 0 Å². The van der Waals surface area contributed by atoms with E-state index < -0.39 is 0 Å². The molecular weight excluding hydrogens is 322 g/mol. The fourth-order valence-corrected chi connectivity index (χ4v) is 3.81. The van der Waals surface area contributed by atoms with Crippen LogP contribution in [0.25, 0.3) is 0 Å². The van der Waals surface area contributed by atoms with Gasteiger partial charge in [-0.05, 0) is 56.0 Å². The van der Waals surface area contributed by atoms with Crippen LogP contribution in [0.4, 0.5) is 0 Å². The van der Waals surface area contributed by atoms with Crippen LogP contribution in [0.3, 0.4) is 0 Å². The first-order valence-corrected chi connectivity index (χ1v) is 8.47. The van der Waals surface area contributed by atoms with Crippen molar-refractivity contribution >= 4 is 15.9 Å². The molecule has 1 saturated heterocycles. The minimum Gasteiger partial charge on any atom is -0.316 e. The summed E-state index contributed by atoms with van der Waals surface area (Å²) in [5, 5.41) is 3.57. The van der Waals surface area contributed by atoms with Gasteiger partial charge in [-0.25, -0.2) is 0 Å². The van der Waals surface area contributed by atoms with Crippen molar-refractivity contribution < 1.29 is 0 Å². The first-order chi connectivity index (χ1) is 10.1. The lowest BCUT2D eigenvalue weighted by atomic mass is 9.77. The van der Waals surface area contributed by atoms with Gasteiger partial charge in [-0.2, -0.15) is 0 Å². The van der Waals surface area contributed by atoms with E-state index in [2.05, 4.69) is 77.6 Å². The van der Waals surface area contributed by atoms with Gasteiger partial charge in [0.15, 0.2) is 0 Å². The van der Waals surface area contributed by atoms with E-state index in [0.717, 1.165) is 17.6 Å². The topological polar surface area (TPSA) is 12.0 Å². The molecule has 2 heteroatoms. The van der Waals surface area contributed by atoms with E-state index in [9.17, 15) is 0 Å². The molecule has 21 heavy (non-hydrogen) atoms. The van der Waals surface area contributed by atoms with Gasteiger partial charge in [0.25, 0.3) is 0 Å². The van der Waals surface area contributed by atoms with Crippen molar-refractivity contribution in [1.29, 1.82) is 0 Å². The molecule has 2 atom stereocenters. The van der Waals surface area contributed by atoms with Gasteiger partial charge in [0.05, 0.1) is 0 Å². The van der Waals surface area contributed by atoms with Crippen LogP contribution in [0.15, 0.2) is 46.9 Å². The molecule has 1 fully saturated rings. The van der Waals surface area contributed by atoms with Crippen molar-refractivity contribution in [2.75, 3.05) is 13.1 Å². The highest BCUT2D eigenvalue weighted by molar-refractivity contribution is 9.10. The van der Waals surface area contributed by atoms with Crippen LogP contribution < -0.4 is 5.32 Å². The molecule has 3 rings (SSSR count). The molecule has 0 spiro atoms. The van der Waals surface area contributed by atoms with E-state index in [1.165, 1.54) is 28.7 Å². The van der Waals surface area contributed by atoms with Gasteiger partial charge < -0.3 is 5.32 Å². The van der Waals surface area contributed by atoms with E-state index in [1.807, 2.05) is 0 Å². The van der Waals surface area contributed by atoms with Gasteiger partial charge in [0.1, 0.15) is 0 Å². The average Bonchev–Trinajstić information content (AvgIpc) is 2.47. The molecule has 2 aromatic carbocycles. The summed E-state index contributed by atoms with van der Waals surface area (Å²) < 4.78 is 1.15. The van der Waals surface area contributed by atoms with Crippen LogP contribution in [0.5, 0.6) is 0 Å². The Morgan fingerprint density at radius 2 is 1.57 bits per heavy atom. The number of hydrogen-bond acceptors (Lipinski definition) is 1. The van der Waals surface area contributed by atoms with E-state index >= 15 is 0 Å². The number of piperidine rings is 1. The monoisotopic (exact) mass is 343 g/mol. The SMILES string of the molecule is Cc1cc(C)cc(C2CCNCC2c2ccc(Br)cc2)c1. The first-order valence-electron chi connectivity index (χ1n) is 7.68. The van der Waals surface area contributed by atoms with E-state index in [0.29, 0.717) is 11.8 Å². The summed E-state index contributed by atoms with van der Waals surface area (Å²) in [7, 11) is 0. The summed E-state index contributed by atoms with van der Waals surface area (Å²) in [6, 6.07) is 15.8. The van der Waals surface area contributed by atoms with E-state index in [4.69, 9.17) is 0 Å². The standard InChI is InChI=1S/C19H22BrN/c1-13-9-14(2)11-16(10-13)18-7-8-21-12-19(18)15-3-5-17(20)6-4-15/h3-6,9-11,18-19,21H,7-8,12H2,1-2H3. The molecule has 0 saturated carbocycles. The van der Waals surface area contributed by atoms with Crippen LogP contribution >= 0.6 is 15.9 Å². The fraction of sp³-hybridized carbons (Fsp3) is 0.368. The molecule has 1 heterocycles. The Labute approximate surface area is 135 Å². The van der Waals surface area contributed by atoms with Gasteiger partial charge >= 0.3 is 0 Å². The number of benzene rings is 2. The maximum Gasteiger partial charge on any atom is 0.0175 e. The van der Waals surface area contributed by atoms with Crippen LogP contribution in [0, 0.1) is 13.8 Å². The zero-order valence-corrected chi connectivity index (χ0v) is 14.3. The molecule has 0 aromatic heterocycles. The molecule has 0 aliphatic carbocycles. The summed E-state index contributed by atoms with van der Waals surface area (Å²) in [5.41, 5.74) is 5.69. The number of rotatable bonds is 2. The lowest BCUT2D eigenvalue weighted by Gasteiger charge is -2.33. The smallest absolute Gasteiger partial charge is 0.0175 e. The van der Waals surface area contributed by atoms with Gasteiger partial charge in [-0.15, -0.1) is 0 Å². The quantitative estimate of drug-likeness (QED) is 0.815.